The van der Waals surface area contributed by atoms with Gasteiger partial charge in [0.15, 0.2) is 5.75 Å². The van der Waals surface area contributed by atoms with E-state index in [2.05, 4.69) is 5.16 Å². The summed E-state index contributed by atoms with van der Waals surface area (Å²) in [6.45, 7) is 4.88. The van der Waals surface area contributed by atoms with Crippen molar-refractivity contribution in [2.24, 2.45) is 5.16 Å². The normalized spacial score (nSPS) is 11.1. The number of phenols is 1. The van der Waals surface area contributed by atoms with E-state index in [4.69, 9.17) is 37.5 Å². The van der Waals surface area contributed by atoms with Gasteiger partial charge in [-0.25, -0.2) is 0 Å². The fourth-order valence-electron chi connectivity index (χ4n) is 2.12. The van der Waals surface area contributed by atoms with E-state index in [-0.39, 0.29) is 11.9 Å². The molecule has 0 heterocycles. The fourth-order valence-corrected chi connectivity index (χ4v) is 2.70. The Bertz CT molecular complexity index is 725. The maximum absolute atomic E-state index is 9.40. The molecule has 0 saturated carbocycles. The Balaban J connectivity index is 1.66. The molecule has 5 nitrogen and oxygen atoms in total. The van der Waals surface area contributed by atoms with Gasteiger partial charge in [-0.15, -0.1) is 0 Å². The summed E-state index contributed by atoms with van der Waals surface area (Å²) < 4.78 is 11.3. The molecule has 0 fully saturated rings. The van der Waals surface area contributed by atoms with E-state index in [1.54, 1.807) is 6.21 Å². The third-order valence-electron chi connectivity index (χ3n) is 3.39. The van der Waals surface area contributed by atoms with Gasteiger partial charge in [0.05, 0.1) is 29.5 Å². The summed E-state index contributed by atoms with van der Waals surface area (Å²) in [6.07, 6.45) is 3.33. The first-order valence-electron chi connectivity index (χ1n) is 8.68. The molecular formula is C20H23Cl2NO4. The van der Waals surface area contributed by atoms with E-state index in [0.29, 0.717) is 29.0 Å². The van der Waals surface area contributed by atoms with Crippen molar-refractivity contribution in [3.8, 4) is 17.2 Å². The standard InChI is InChI=1S/C20H23Cl2NO4/c1-14(2)27-23-13-15-5-7-17(8-6-15)25-9-3-4-10-26-20-18(21)11-16(24)12-19(20)22/h5-8,11-14,24H,3-4,9-10H2,1-2H3/b23-13+. The Hall–Kier alpha value is -2.11. The van der Waals surface area contributed by atoms with E-state index in [9.17, 15) is 5.11 Å². The molecule has 0 radical (unpaired) electrons. The van der Waals surface area contributed by atoms with Crippen LogP contribution in [0.15, 0.2) is 41.6 Å². The van der Waals surface area contributed by atoms with Crippen molar-refractivity contribution in [3.05, 3.63) is 52.0 Å². The average molecular weight is 412 g/mol. The molecule has 1 N–H and O–H groups in total. The van der Waals surface area contributed by atoms with Crippen molar-refractivity contribution in [3.63, 3.8) is 0 Å². The average Bonchev–Trinajstić information content (AvgIpc) is 2.60. The molecule has 0 saturated heterocycles. The number of hydrogen-bond donors (Lipinski definition) is 1. The maximum Gasteiger partial charge on any atom is 0.156 e. The number of aromatic hydroxyl groups is 1. The highest BCUT2D eigenvalue weighted by molar-refractivity contribution is 6.37. The molecule has 2 rings (SSSR count). The molecule has 27 heavy (non-hydrogen) atoms. The van der Waals surface area contributed by atoms with Gasteiger partial charge in [0, 0.05) is 12.1 Å². The summed E-state index contributed by atoms with van der Waals surface area (Å²) in [4.78, 5) is 5.13. The first-order chi connectivity index (χ1) is 13.0. The lowest BCUT2D eigenvalue weighted by molar-refractivity contribution is 0.0873. The third kappa shape index (κ3) is 7.57. The minimum atomic E-state index is 0.00971. The summed E-state index contributed by atoms with van der Waals surface area (Å²) in [5, 5.41) is 13.9. The highest BCUT2D eigenvalue weighted by Crippen LogP contribution is 2.36. The van der Waals surface area contributed by atoms with E-state index < -0.39 is 0 Å². The van der Waals surface area contributed by atoms with Crippen LogP contribution in [-0.2, 0) is 4.84 Å². The number of benzene rings is 2. The Morgan fingerprint density at radius 1 is 1.00 bits per heavy atom. The first-order valence-corrected chi connectivity index (χ1v) is 9.44. The second kappa shape index (κ2) is 10.9. The topological polar surface area (TPSA) is 60.3 Å². The second-order valence-electron chi connectivity index (χ2n) is 6.10. The van der Waals surface area contributed by atoms with E-state index in [0.717, 1.165) is 24.2 Å². The van der Waals surface area contributed by atoms with Crippen LogP contribution < -0.4 is 9.47 Å². The highest BCUT2D eigenvalue weighted by Gasteiger charge is 2.09. The van der Waals surface area contributed by atoms with Crippen molar-refractivity contribution in [1.82, 2.24) is 0 Å². The first kappa shape index (κ1) is 21.2. The molecule has 0 bridgehead atoms. The molecule has 0 amide bonds. The van der Waals surface area contributed by atoms with Crippen LogP contribution in [0.5, 0.6) is 17.2 Å². The van der Waals surface area contributed by atoms with Crippen molar-refractivity contribution >= 4 is 29.4 Å². The summed E-state index contributed by atoms with van der Waals surface area (Å²) >= 11 is 12.0. The Morgan fingerprint density at radius 3 is 2.19 bits per heavy atom. The van der Waals surface area contributed by atoms with Crippen LogP contribution in [0.3, 0.4) is 0 Å². The van der Waals surface area contributed by atoms with Gasteiger partial charge in [-0.1, -0.05) is 28.4 Å². The quantitative estimate of drug-likeness (QED) is 0.309. The zero-order valence-electron chi connectivity index (χ0n) is 15.3. The van der Waals surface area contributed by atoms with Crippen LogP contribution in [0.1, 0.15) is 32.3 Å². The van der Waals surface area contributed by atoms with Crippen molar-refractivity contribution in [2.45, 2.75) is 32.8 Å². The van der Waals surface area contributed by atoms with Crippen LogP contribution in [0.2, 0.25) is 10.0 Å². The van der Waals surface area contributed by atoms with Crippen molar-refractivity contribution in [1.29, 1.82) is 0 Å². The summed E-state index contributed by atoms with van der Waals surface area (Å²) in [7, 11) is 0. The molecule has 7 heteroatoms. The van der Waals surface area contributed by atoms with E-state index in [1.807, 2.05) is 38.1 Å². The number of oxime groups is 1. The van der Waals surface area contributed by atoms with Crippen LogP contribution >= 0.6 is 23.2 Å². The van der Waals surface area contributed by atoms with Crippen LogP contribution in [0.4, 0.5) is 0 Å². The molecule has 0 aliphatic carbocycles. The summed E-state index contributed by atoms with van der Waals surface area (Å²) in [6, 6.07) is 10.4. The molecular weight excluding hydrogens is 389 g/mol. The fraction of sp³-hybridized carbons (Fsp3) is 0.350. The number of ether oxygens (including phenoxy) is 2. The van der Waals surface area contributed by atoms with Gasteiger partial charge in [-0.3, -0.25) is 0 Å². The minimum absolute atomic E-state index is 0.00971. The predicted molar refractivity (Wildman–Crippen MR) is 109 cm³/mol. The Labute approximate surface area is 169 Å². The number of unbranched alkanes of at least 4 members (excludes halogenated alkanes) is 1. The van der Waals surface area contributed by atoms with Crippen LogP contribution in [0, 0.1) is 0 Å². The Kier molecular flexibility index (Phi) is 8.55. The predicted octanol–water partition coefficient (Wildman–Crippen LogP) is 5.70. The monoisotopic (exact) mass is 411 g/mol. The van der Waals surface area contributed by atoms with Crippen LogP contribution in [-0.4, -0.2) is 30.6 Å². The number of halogens is 2. The lowest BCUT2D eigenvalue weighted by Gasteiger charge is -2.11. The molecule has 0 aliphatic rings. The van der Waals surface area contributed by atoms with Gasteiger partial charge in [0.25, 0.3) is 0 Å². The molecule has 2 aromatic carbocycles. The second-order valence-corrected chi connectivity index (χ2v) is 6.91. The summed E-state index contributed by atoms with van der Waals surface area (Å²) in [5.74, 6) is 1.19. The number of phenolic OH excluding ortho intramolecular Hbond substituents is 1. The van der Waals surface area contributed by atoms with Crippen molar-refractivity contribution in [2.75, 3.05) is 13.2 Å². The summed E-state index contributed by atoms with van der Waals surface area (Å²) in [5.41, 5.74) is 0.944. The zero-order chi connectivity index (χ0) is 19.6. The molecule has 0 atom stereocenters. The van der Waals surface area contributed by atoms with Crippen molar-refractivity contribution < 1.29 is 19.4 Å². The zero-order valence-corrected chi connectivity index (χ0v) is 16.8. The molecule has 0 spiro atoms. The van der Waals surface area contributed by atoms with Gasteiger partial charge in [0.2, 0.25) is 0 Å². The number of nitrogens with zero attached hydrogens (tertiary/aromatic N) is 1. The Morgan fingerprint density at radius 2 is 1.59 bits per heavy atom. The van der Waals surface area contributed by atoms with Gasteiger partial charge >= 0.3 is 0 Å². The van der Waals surface area contributed by atoms with Gasteiger partial charge in [0.1, 0.15) is 17.6 Å². The van der Waals surface area contributed by atoms with Gasteiger partial charge < -0.3 is 19.4 Å². The third-order valence-corrected chi connectivity index (χ3v) is 3.95. The van der Waals surface area contributed by atoms with E-state index >= 15 is 0 Å². The number of hydrogen-bond acceptors (Lipinski definition) is 5. The maximum atomic E-state index is 9.40. The van der Waals surface area contributed by atoms with Crippen LogP contribution in [0.25, 0.3) is 0 Å². The SMILES string of the molecule is CC(C)O/N=C/c1ccc(OCCCCOc2c(Cl)cc(O)cc2Cl)cc1. The van der Waals surface area contributed by atoms with Gasteiger partial charge in [-0.2, -0.15) is 0 Å². The smallest absolute Gasteiger partial charge is 0.156 e. The van der Waals surface area contributed by atoms with E-state index in [1.165, 1.54) is 12.1 Å². The lowest BCUT2D eigenvalue weighted by atomic mass is 10.2. The largest absolute Gasteiger partial charge is 0.508 e. The number of rotatable bonds is 10. The highest BCUT2D eigenvalue weighted by atomic mass is 35.5. The molecule has 0 unspecified atom stereocenters. The van der Waals surface area contributed by atoms with Gasteiger partial charge in [-0.05, 0) is 56.5 Å². The molecule has 146 valence electrons. The molecule has 0 aliphatic heterocycles. The molecule has 0 aromatic heterocycles. The lowest BCUT2D eigenvalue weighted by Crippen LogP contribution is -2.03. The molecule has 2 aromatic rings. The minimum Gasteiger partial charge on any atom is -0.508 e.